The Morgan fingerprint density at radius 2 is 2.14 bits per heavy atom. The number of hydrogen-bond acceptors (Lipinski definition) is 2. The zero-order valence-corrected chi connectivity index (χ0v) is 12.3. The van der Waals surface area contributed by atoms with Crippen molar-refractivity contribution in [3.63, 3.8) is 0 Å². The second-order valence-electron chi connectivity index (χ2n) is 5.44. The van der Waals surface area contributed by atoms with Gasteiger partial charge >= 0.3 is 12.0 Å². The number of benzene rings is 1. The minimum Gasteiger partial charge on any atom is -0.481 e. The number of aliphatic carboxylic acids is 1. The summed E-state index contributed by atoms with van der Waals surface area (Å²) < 4.78 is 0. The van der Waals surface area contributed by atoms with Crippen molar-refractivity contribution < 1.29 is 14.7 Å². The van der Waals surface area contributed by atoms with Gasteiger partial charge in [0, 0.05) is 25.2 Å². The predicted molar refractivity (Wildman–Crippen MR) is 81.5 cm³/mol. The number of carboxylic acid groups (broad SMARTS) is 1. The van der Waals surface area contributed by atoms with E-state index in [1.54, 1.807) is 4.90 Å². The molecule has 21 heavy (non-hydrogen) atoms. The predicted octanol–water partition coefficient (Wildman–Crippen LogP) is 2.65. The van der Waals surface area contributed by atoms with Crippen LogP contribution in [0.2, 0.25) is 0 Å². The molecule has 0 radical (unpaired) electrons. The quantitative estimate of drug-likeness (QED) is 0.876. The van der Waals surface area contributed by atoms with E-state index in [1.807, 2.05) is 31.2 Å². The van der Waals surface area contributed by atoms with Crippen molar-refractivity contribution in [3.8, 4) is 0 Å². The Balaban J connectivity index is 1.97. The van der Waals surface area contributed by atoms with E-state index in [1.165, 1.54) is 5.56 Å². The maximum atomic E-state index is 12.3. The van der Waals surface area contributed by atoms with Gasteiger partial charge in [0.15, 0.2) is 0 Å². The number of fused-ring (bicyclic) bond motifs is 1. The molecule has 1 aromatic rings. The smallest absolute Gasteiger partial charge is 0.321 e. The summed E-state index contributed by atoms with van der Waals surface area (Å²) in [4.78, 5) is 24.8. The molecule has 1 atom stereocenters. The lowest BCUT2D eigenvalue weighted by molar-refractivity contribution is -0.138. The number of hydrogen-bond donors (Lipinski definition) is 2. The Labute approximate surface area is 125 Å². The highest BCUT2D eigenvalue weighted by atomic mass is 16.4. The third kappa shape index (κ3) is 3.97. The largest absolute Gasteiger partial charge is 0.481 e. The average molecular weight is 290 g/mol. The molecular formula is C16H22N2O3. The fourth-order valence-electron chi connectivity index (χ4n) is 2.68. The van der Waals surface area contributed by atoms with Gasteiger partial charge in [-0.05, 0) is 30.4 Å². The third-order valence-corrected chi connectivity index (χ3v) is 3.94. The van der Waals surface area contributed by atoms with E-state index in [4.69, 9.17) is 5.11 Å². The molecule has 1 heterocycles. The Morgan fingerprint density at radius 3 is 2.86 bits per heavy atom. The highest BCUT2D eigenvalue weighted by molar-refractivity contribution is 5.93. The minimum atomic E-state index is -0.820. The number of carbonyl (C=O) groups is 2. The van der Waals surface area contributed by atoms with Crippen molar-refractivity contribution in [1.29, 1.82) is 0 Å². The van der Waals surface area contributed by atoms with Crippen LogP contribution < -0.4 is 10.2 Å². The molecule has 0 bridgehead atoms. The van der Waals surface area contributed by atoms with Crippen LogP contribution in [0.5, 0.6) is 0 Å². The molecule has 1 aromatic carbocycles. The van der Waals surface area contributed by atoms with Gasteiger partial charge in [0.25, 0.3) is 0 Å². The molecule has 0 fully saturated rings. The second kappa shape index (κ2) is 7.11. The number of amides is 2. The standard InChI is InChI=1S/C16H22N2O3/c1-2-12(10-15(19)20)11-17-16(21)18-9-5-7-13-6-3-4-8-14(13)18/h3-4,6,8,12H,2,5,7,9-11H2,1H3,(H,17,21)(H,19,20). The molecule has 1 aliphatic rings. The van der Waals surface area contributed by atoms with Crippen molar-refractivity contribution >= 4 is 17.7 Å². The molecule has 0 spiro atoms. The average Bonchev–Trinajstić information content (AvgIpc) is 2.50. The van der Waals surface area contributed by atoms with Crippen LogP contribution in [0.25, 0.3) is 0 Å². The molecule has 2 amide bonds. The van der Waals surface area contributed by atoms with Gasteiger partial charge in [-0.25, -0.2) is 4.79 Å². The van der Waals surface area contributed by atoms with E-state index < -0.39 is 5.97 Å². The molecule has 0 aliphatic carbocycles. The van der Waals surface area contributed by atoms with Crippen LogP contribution in [-0.2, 0) is 11.2 Å². The van der Waals surface area contributed by atoms with E-state index in [0.717, 1.165) is 24.9 Å². The number of rotatable bonds is 5. The molecular weight excluding hydrogens is 268 g/mol. The highest BCUT2D eigenvalue weighted by Gasteiger charge is 2.22. The zero-order chi connectivity index (χ0) is 15.2. The number of para-hydroxylation sites is 1. The number of carbonyl (C=O) groups excluding carboxylic acids is 1. The first kappa shape index (κ1) is 15.4. The van der Waals surface area contributed by atoms with E-state index >= 15 is 0 Å². The van der Waals surface area contributed by atoms with Gasteiger partial charge in [0.05, 0.1) is 0 Å². The zero-order valence-electron chi connectivity index (χ0n) is 12.3. The lowest BCUT2D eigenvalue weighted by atomic mass is 10.0. The number of carboxylic acids is 1. The number of aryl methyl sites for hydroxylation is 1. The van der Waals surface area contributed by atoms with Gasteiger partial charge in [-0.15, -0.1) is 0 Å². The molecule has 0 saturated carbocycles. The molecule has 1 aliphatic heterocycles. The Morgan fingerprint density at radius 1 is 1.38 bits per heavy atom. The molecule has 1 unspecified atom stereocenters. The number of nitrogens with zero attached hydrogens (tertiary/aromatic N) is 1. The van der Waals surface area contributed by atoms with Gasteiger partial charge < -0.3 is 10.4 Å². The maximum Gasteiger partial charge on any atom is 0.321 e. The lowest BCUT2D eigenvalue weighted by Gasteiger charge is -2.30. The van der Waals surface area contributed by atoms with Gasteiger partial charge in [0.1, 0.15) is 0 Å². The first-order valence-electron chi connectivity index (χ1n) is 7.47. The molecule has 114 valence electrons. The van der Waals surface area contributed by atoms with Crippen LogP contribution in [-0.4, -0.2) is 30.2 Å². The van der Waals surface area contributed by atoms with Crippen LogP contribution in [0, 0.1) is 5.92 Å². The van der Waals surface area contributed by atoms with E-state index in [2.05, 4.69) is 5.32 Å². The van der Waals surface area contributed by atoms with Crippen LogP contribution in [0.4, 0.5) is 10.5 Å². The van der Waals surface area contributed by atoms with Crippen molar-refractivity contribution in [1.82, 2.24) is 5.32 Å². The van der Waals surface area contributed by atoms with Crippen LogP contribution in [0.1, 0.15) is 31.7 Å². The maximum absolute atomic E-state index is 12.3. The highest BCUT2D eigenvalue weighted by Crippen LogP contribution is 2.26. The molecule has 0 saturated heterocycles. The molecule has 5 heteroatoms. The van der Waals surface area contributed by atoms with E-state index in [-0.39, 0.29) is 18.4 Å². The van der Waals surface area contributed by atoms with Crippen LogP contribution in [0.3, 0.4) is 0 Å². The summed E-state index contributed by atoms with van der Waals surface area (Å²) in [5.74, 6) is -0.842. The number of nitrogens with one attached hydrogen (secondary N) is 1. The summed E-state index contributed by atoms with van der Waals surface area (Å²) >= 11 is 0. The van der Waals surface area contributed by atoms with Crippen LogP contribution >= 0.6 is 0 Å². The van der Waals surface area contributed by atoms with Gasteiger partial charge in [-0.1, -0.05) is 31.5 Å². The summed E-state index contributed by atoms with van der Waals surface area (Å²) in [5.41, 5.74) is 2.16. The minimum absolute atomic E-state index is 0.0218. The normalized spacial score (nSPS) is 15.2. The molecule has 5 nitrogen and oxygen atoms in total. The van der Waals surface area contributed by atoms with Crippen molar-refractivity contribution in [2.24, 2.45) is 5.92 Å². The fraction of sp³-hybridized carbons (Fsp3) is 0.500. The van der Waals surface area contributed by atoms with Crippen molar-refractivity contribution in [2.45, 2.75) is 32.6 Å². The van der Waals surface area contributed by atoms with E-state index in [0.29, 0.717) is 13.1 Å². The topological polar surface area (TPSA) is 69.6 Å². The van der Waals surface area contributed by atoms with E-state index in [9.17, 15) is 9.59 Å². The first-order valence-corrected chi connectivity index (χ1v) is 7.47. The summed E-state index contributed by atoms with van der Waals surface area (Å²) in [6.07, 6.45) is 2.78. The Kier molecular flexibility index (Phi) is 5.20. The summed E-state index contributed by atoms with van der Waals surface area (Å²) in [5, 5.41) is 11.7. The fourth-order valence-corrected chi connectivity index (χ4v) is 2.68. The molecule has 2 rings (SSSR count). The summed E-state index contributed by atoms with van der Waals surface area (Å²) in [6, 6.07) is 7.80. The third-order valence-electron chi connectivity index (χ3n) is 3.94. The van der Waals surface area contributed by atoms with Crippen molar-refractivity contribution in [2.75, 3.05) is 18.0 Å². The molecule has 2 N–H and O–H groups in total. The van der Waals surface area contributed by atoms with Crippen molar-refractivity contribution in [3.05, 3.63) is 29.8 Å². The van der Waals surface area contributed by atoms with Gasteiger partial charge in [0.2, 0.25) is 0 Å². The summed E-state index contributed by atoms with van der Waals surface area (Å²) in [7, 11) is 0. The van der Waals surface area contributed by atoms with Crippen LogP contribution in [0.15, 0.2) is 24.3 Å². The molecule has 0 aromatic heterocycles. The summed E-state index contributed by atoms with van der Waals surface area (Å²) in [6.45, 7) is 3.05. The second-order valence-corrected chi connectivity index (χ2v) is 5.44. The van der Waals surface area contributed by atoms with Gasteiger partial charge in [-0.2, -0.15) is 0 Å². The van der Waals surface area contributed by atoms with Gasteiger partial charge in [-0.3, -0.25) is 9.69 Å². The Hall–Kier alpha value is -2.04. The lowest BCUT2D eigenvalue weighted by Crippen LogP contribution is -2.44. The first-order chi connectivity index (χ1) is 10.1. The SMILES string of the molecule is CCC(CNC(=O)N1CCCc2ccccc21)CC(=O)O. The number of urea groups is 1. The monoisotopic (exact) mass is 290 g/mol. The number of anilines is 1. The Bertz CT molecular complexity index is 516.